The number of carbonyl (C=O) groups excluding carboxylic acids is 1. The van der Waals surface area contributed by atoms with Gasteiger partial charge in [-0.1, -0.05) is 43.7 Å². The minimum absolute atomic E-state index is 0.158. The van der Waals surface area contributed by atoms with Gasteiger partial charge in [0.2, 0.25) is 5.91 Å². The lowest BCUT2D eigenvalue weighted by Gasteiger charge is -2.17. The third-order valence-electron chi connectivity index (χ3n) is 4.63. The largest absolute Gasteiger partial charge is 0.369 e. The highest BCUT2D eigenvalue weighted by molar-refractivity contribution is 7.19. The molecule has 0 bridgehead atoms. The van der Waals surface area contributed by atoms with Crippen molar-refractivity contribution in [1.82, 2.24) is 14.9 Å². The Kier molecular flexibility index (Phi) is 6.40. The fourth-order valence-corrected chi connectivity index (χ4v) is 4.14. The zero-order chi connectivity index (χ0) is 19.2. The molecule has 0 aliphatic heterocycles. The van der Waals surface area contributed by atoms with Gasteiger partial charge in [0.25, 0.3) is 0 Å². The van der Waals surface area contributed by atoms with Gasteiger partial charge in [0.1, 0.15) is 17.0 Å². The third kappa shape index (κ3) is 4.45. The molecule has 1 aromatic carbocycles. The second-order valence-corrected chi connectivity index (χ2v) is 7.85. The van der Waals surface area contributed by atoms with Crippen molar-refractivity contribution in [2.24, 2.45) is 0 Å². The molecule has 0 aliphatic rings. The van der Waals surface area contributed by atoms with E-state index in [1.54, 1.807) is 17.7 Å². The molecule has 0 aliphatic carbocycles. The van der Waals surface area contributed by atoms with Crippen LogP contribution in [0.4, 0.5) is 5.82 Å². The van der Waals surface area contributed by atoms with Crippen LogP contribution in [0.25, 0.3) is 21.3 Å². The first-order valence-corrected chi connectivity index (χ1v) is 10.2. The monoisotopic (exact) mass is 382 g/mol. The number of aryl methyl sites for hydroxylation is 1. The van der Waals surface area contributed by atoms with Gasteiger partial charge in [-0.05, 0) is 18.9 Å². The van der Waals surface area contributed by atoms with Crippen molar-refractivity contribution >= 4 is 33.3 Å². The number of fused-ring (bicyclic) bond motifs is 1. The van der Waals surface area contributed by atoms with E-state index >= 15 is 0 Å². The summed E-state index contributed by atoms with van der Waals surface area (Å²) in [6.07, 6.45) is 4.17. The molecule has 0 atom stereocenters. The Bertz CT molecular complexity index is 907. The number of hydrogen-bond donors (Lipinski definition) is 1. The predicted molar refractivity (Wildman–Crippen MR) is 113 cm³/mol. The molecule has 0 saturated heterocycles. The van der Waals surface area contributed by atoms with Crippen LogP contribution in [0.2, 0.25) is 0 Å². The van der Waals surface area contributed by atoms with Crippen LogP contribution in [-0.2, 0) is 4.79 Å². The van der Waals surface area contributed by atoms with E-state index < -0.39 is 0 Å². The van der Waals surface area contributed by atoms with Gasteiger partial charge in [-0.2, -0.15) is 0 Å². The molecule has 1 amide bonds. The van der Waals surface area contributed by atoms with E-state index in [0.29, 0.717) is 13.0 Å². The predicted octanol–water partition coefficient (Wildman–Crippen LogP) is 4.73. The molecular weight excluding hydrogens is 356 g/mol. The average Bonchev–Trinajstić information content (AvgIpc) is 3.03. The highest BCUT2D eigenvalue weighted by Gasteiger charge is 2.17. The van der Waals surface area contributed by atoms with Crippen molar-refractivity contribution in [3.8, 4) is 11.1 Å². The Morgan fingerprint density at radius 1 is 1.22 bits per heavy atom. The second kappa shape index (κ2) is 8.95. The number of anilines is 1. The topological polar surface area (TPSA) is 58.1 Å². The minimum Gasteiger partial charge on any atom is -0.369 e. The van der Waals surface area contributed by atoms with E-state index in [-0.39, 0.29) is 5.91 Å². The Hall–Kier alpha value is -2.47. The number of hydrogen-bond acceptors (Lipinski definition) is 5. The average molecular weight is 383 g/mol. The molecule has 0 saturated carbocycles. The summed E-state index contributed by atoms with van der Waals surface area (Å²) >= 11 is 1.68. The molecule has 0 radical (unpaired) electrons. The van der Waals surface area contributed by atoms with E-state index in [1.165, 1.54) is 10.4 Å². The van der Waals surface area contributed by atoms with Crippen molar-refractivity contribution in [2.75, 3.05) is 25.5 Å². The summed E-state index contributed by atoms with van der Waals surface area (Å²) < 4.78 is 0. The van der Waals surface area contributed by atoms with Gasteiger partial charge in [0.15, 0.2) is 0 Å². The second-order valence-electron chi connectivity index (χ2n) is 6.65. The fraction of sp³-hybridized carbons (Fsp3) is 0.381. The Morgan fingerprint density at radius 2 is 2.00 bits per heavy atom. The molecule has 2 heterocycles. The normalized spacial score (nSPS) is 10.9. The number of aromatic nitrogens is 2. The van der Waals surface area contributed by atoms with E-state index in [2.05, 4.69) is 41.3 Å². The number of rotatable bonds is 8. The SMILES string of the molecule is CCCCN(C)C(=O)CCNc1ncnc2sc(C)c(-c3ccccc3)c12. The molecule has 27 heavy (non-hydrogen) atoms. The maximum Gasteiger partial charge on any atom is 0.224 e. The maximum atomic E-state index is 12.3. The third-order valence-corrected chi connectivity index (χ3v) is 5.64. The summed E-state index contributed by atoms with van der Waals surface area (Å²) in [5, 5.41) is 4.40. The van der Waals surface area contributed by atoms with Gasteiger partial charge in [-0.25, -0.2) is 9.97 Å². The smallest absolute Gasteiger partial charge is 0.224 e. The number of nitrogens with zero attached hydrogens (tertiary/aromatic N) is 3. The number of nitrogens with one attached hydrogen (secondary N) is 1. The summed E-state index contributed by atoms with van der Waals surface area (Å²) in [4.78, 5) is 25.1. The van der Waals surface area contributed by atoms with Crippen LogP contribution in [0.1, 0.15) is 31.1 Å². The molecule has 3 aromatic rings. The molecular formula is C21H26N4OS. The van der Waals surface area contributed by atoms with E-state index in [0.717, 1.165) is 41.0 Å². The lowest BCUT2D eigenvalue weighted by atomic mass is 10.0. The molecule has 0 unspecified atom stereocenters. The quantitative estimate of drug-likeness (QED) is 0.612. The van der Waals surface area contributed by atoms with E-state index in [1.807, 2.05) is 30.1 Å². The number of amides is 1. The number of thiophene rings is 1. The maximum absolute atomic E-state index is 12.3. The van der Waals surface area contributed by atoms with Gasteiger partial charge < -0.3 is 10.2 Å². The summed E-state index contributed by atoms with van der Waals surface area (Å²) in [6.45, 7) is 5.62. The van der Waals surface area contributed by atoms with Crippen molar-refractivity contribution in [3.05, 3.63) is 41.5 Å². The molecule has 2 aromatic heterocycles. The number of unbranched alkanes of at least 4 members (excludes halogenated alkanes) is 1. The number of benzene rings is 1. The van der Waals surface area contributed by atoms with Crippen LogP contribution in [-0.4, -0.2) is 40.9 Å². The van der Waals surface area contributed by atoms with Crippen LogP contribution in [0, 0.1) is 6.92 Å². The number of carbonyl (C=O) groups is 1. The molecule has 1 N–H and O–H groups in total. The Morgan fingerprint density at radius 3 is 2.74 bits per heavy atom. The molecule has 6 heteroatoms. The zero-order valence-corrected chi connectivity index (χ0v) is 17.0. The molecule has 3 rings (SSSR count). The van der Waals surface area contributed by atoms with Crippen LogP contribution in [0.3, 0.4) is 0 Å². The van der Waals surface area contributed by atoms with Crippen molar-refractivity contribution < 1.29 is 4.79 Å². The van der Waals surface area contributed by atoms with Crippen molar-refractivity contribution in [3.63, 3.8) is 0 Å². The van der Waals surface area contributed by atoms with Gasteiger partial charge >= 0.3 is 0 Å². The molecule has 0 fully saturated rings. The fourth-order valence-electron chi connectivity index (χ4n) is 3.13. The van der Waals surface area contributed by atoms with Crippen molar-refractivity contribution in [2.45, 2.75) is 33.1 Å². The van der Waals surface area contributed by atoms with Gasteiger partial charge in [-0.15, -0.1) is 11.3 Å². The summed E-state index contributed by atoms with van der Waals surface area (Å²) in [5.74, 6) is 0.957. The standard InChI is InChI=1S/C21H26N4OS/c1-4-5-13-25(3)17(26)11-12-22-20-19-18(16-9-7-6-8-10-16)15(2)27-21(19)24-14-23-20/h6-10,14H,4-5,11-13H2,1-3H3,(H,22,23,24). The first-order valence-electron chi connectivity index (χ1n) is 9.39. The van der Waals surface area contributed by atoms with Crippen LogP contribution < -0.4 is 5.32 Å². The lowest BCUT2D eigenvalue weighted by molar-refractivity contribution is -0.129. The van der Waals surface area contributed by atoms with Crippen molar-refractivity contribution in [1.29, 1.82) is 0 Å². The lowest BCUT2D eigenvalue weighted by Crippen LogP contribution is -2.29. The zero-order valence-electron chi connectivity index (χ0n) is 16.2. The summed E-state index contributed by atoms with van der Waals surface area (Å²) in [7, 11) is 1.87. The van der Waals surface area contributed by atoms with Gasteiger partial charge in [-0.3, -0.25) is 4.79 Å². The van der Waals surface area contributed by atoms with Crippen LogP contribution >= 0.6 is 11.3 Å². The van der Waals surface area contributed by atoms with Gasteiger partial charge in [0.05, 0.1) is 5.39 Å². The first-order chi connectivity index (χ1) is 13.1. The summed E-state index contributed by atoms with van der Waals surface area (Å²) in [6, 6.07) is 10.3. The summed E-state index contributed by atoms with van der Waals surface area (Å²) in [5.41, 5.74) is 2.33. The highest BCUT2D eigenvalue weighted by atomic mass is 32.1. The van der Waals surface area contributed by atoms with E-state index in [4.69, 9.17) is 0 Å². The Balaban J connectivity index is 1.78. The van der Waals surface area contributed by atoms with E-state index in [9.17, 15) is 4.79 Å². The minimum atomic E-state index is 0.158. The highest BCUT2D eigenvalue weighted by Crippen LogP contribution is 2.40. The molecule has 142 valence electrons. The van der Waals surface area contributed by atoms with Gasteiger partial charge in [0, 0.05) is 37.0 Å². The van der Waals surface area contributed by atoms with Crippen LogP contribution in [0.5, 0.6) is 0 Å². The molecule has 5 nitrogen and oxygen atoms in total. The van der Waals surface area contributed by atoms with Crippen LogP contribution in [0.15, 0.2) is 36.7 Å². The molecule has 0 spiro atoms. The Labute approximate surface area is 164 Å². The first kappa shape index (κ1) is 19.3.